The van der Waals surface area contributed by atoms with E-state index in [0.29, 0.717) is 22.5 Å². The minimum atomic E-state index is -4.47. The van der Waals surface area contributed by atoms with E-state index in [-0.39, 0.29) is 11.4 Å². The van der Waals surface area contributed by atoms with Crippen molar-refractivity contribution >= 4 is 22.5 Å². The molecule has 0 saturated heterocycles. The largest absolute Gasteiger partial charge is 0.417 e. The molecule has 0 bridgehead atoms. The fourth-order valence-electron chi connectivity index (χ4n) is 2.64. The molecule has 0 aliphatic heterocycles. The summed E-state index contributed by atoms with van der Waals surface area (Å²) in [5.74, 6) is 0.499. The number of rotatable bonds is 1. The molecule has 0 radical (unpaired) electrons. The third-order valence-corrected chi connectivity index (χ3v) is 3.63. The number of nitrogens with one attached hydrogen (secondary N) is 1. The molecule has 0 fully saturated rings. The molecule has 0 amide bonds. The number of nitrogens with zero attached hydrogens (tertiary/aromatic N) is 3. The maximum atomic E-state index is 13.3. The molecule has 2 heterocycles. The van der Waals surface area contributed by atoms with E-state index in [4.69, 9.17) is 5.73 Å². The summed E-state index contributed by atoms with van der Waals surface area (Å²) in [5.41, 5.74) is 6.73. The van der Waals surface area contributed by atoms with Crippen molar-refractivity contribution in [1.29, 1.82) is 0 Å². The number of H-pyrrole nitrogens is 1. The van der Waals surface area contributed by atoms with E-state index in [1.165, 1.54) is 16.5 Å². The molecule has 2 aromatic carbocycles. The summed E-state index contributed by atoms with van der Waals surface area (Å²) in [6.07, 6.45) is -4.47. The molecule has 23 heavy (non-hydrogen) atoms. The van der Waals surface area contributed by atoms with Crippen LogP contribution >= 0.6 is 0 Å². The number of alkyl halides is 3. The number of imidazole rings is 1. The maximum Gasteiger partial charge on any atom is 0.417 e. The fourth-order valence-corrected chi connectivity index (χ4v) is 2.64. The minimum Gasteiger partial charge on any atom is -0.399 e. The van der Waals surface area contributed by atoms with Crippen molar-refractivity contribution in [2.45, 2.75) is 6.18 Å². The Balaban J connectivity index is 2.08. The topological polar surface area (TPSA) is 72.0 Å². The molecule has 2 aromatic heterocycles. The molecule has 8 heteroatoms. The minimum absolute atomic E-state index is 0.0204. The summed E-state index contributed by atoms with van der Waals surface area (Å²) in [7, 11) is 0. The van der Waals surface area contributed by atoms with Gasteiger partial charge in [0.1, 0.15) is 0 Å². The second-order valence-corrected chi connectivity index (χ2v) is 5.11. The average molecular weight is 317 g/mol. The molecular weight excluding hydrogens is 307 g/mol. The van der Waals surface area contributed by atoms with Crippen LogP contribution in [0.25, 0.3) is 28.2 Å². The van der Waals surface area contributed by atoms with E-state index in [1.54, 1.807) is 24.3 Å². The van der Waals surface area contributed by atoms with Crippen LogP contribution in [-0.2, 0) is 6.18 Å². The van der Waals surface area contributed by atoms with E-state index >= 15 is 0 Å². The van der Waals surface area contributed by atoms with Crippen molar-refractivity contribution in [3.05, 3.63) is 48.0 Å². The number of hydrogen-bond acceptors (Lipinski definition) is 3. The molecule has 3 N–H and O–H groups in total. The molecule has 0 aliphatic rings. The Labute approximate surface area is 127 Å². The van der Waals surface area contributed by atoms with Crippen LogP contribution in [0.4, 0.5) is 18.9 Å². The van der Waals surface area contributed by atoms with Gasteiger partial charge in [-0.1, -0.05) is 18.2 Å². The monoisotopic (exact) mass is 317 g/mol. The van der Waals surface area contributed by atoms with Crippen LogP contribution in [-0.4, -0.2) is 19.6 Å². The number of nitrogen functional groups attached to an aromatic ring is 1. The van der Waals surface area contributed by atoms with Gasteiger partial charge in [-0.3, -0.25) is 4.40 Å². The average Bonchev–Trinajstić information content (AvgIpc) is 3.05. The van der Waals surface area contributed by atoms with Gasteiger partial charge in [0.15, 0.2) is 5.82 Å². The second kappa shape index (κ2) is 4.48. The van der Waals surface area contributed by atoms with Gasteiger partial charge in [-0.05, 0) is 24.3 Å². The van der Waals surface area contributed by atoms with Crippen molar-refractivity contribution in [3.63, 3.8) is 0 Å². The van der Waals surface area contributed by atoms with Gasteiger partial charge in [0.25, 0.3) is 0 Å². The lowest BCUT2D eigenvalue weighted by atomic mass is 10.1. The summed E-state index contributed by atoms with van der Waals surface area (Å²) in [6, 6.07) is 10.4. The summed E-state index contributed by atoms with van der Waals surface area (Å²) in [6.45, 7) is 0. The fraction of sp³-hybridized carbons (Fsp3) is 0.0667. The maximum absolute atomic E-state index is 13.3. The lowest BCUT2D eigenvalue weighted by molar-refractivity contribution is -0.137. The zero-order valence-corrected chi connectivity index (χ0v) is 11.6. The zero-order valence-electron chi connectivity index (χ0n) is 11.6. The van der Waals surface area contributed by atoms with Crippen molar-refractivity contribution in [2.24, 2.45) is 0 Å². The van der Waals surface area contributed by atoms with E-state index in [9.17, 15) is 13.2 Å². The Morgan fingerprint density at radius 3 is 2.65 bits per heavy atom. The summed E-state index contributed by atoms with van der Waals surface area (Å²) >= 11 is 0. The van der Waals surface area contributed by atoms with Crippen LogP contribution in [0.5, 0.6) is 0 Å². The summed E-state index contributed by atoms with van der Waals surface area (Å²) in [5, 5.41) is 6.68. The summed E-state index contributed by atoms with van der Waals surface area (Å²) < 4.78 is 41.3. The normalized spacial score (nSPS) is 12.3. The second-order valence-electron chi connectivity index (χ2n) is 5.11. The van der Waals surface area contributed by atoms with Gasteiger partial charge in [0, 0.05) is 11.3 Å². The van der Waals surface area contributed by atoms with Gasteiger partial charge in [0.05, 0.1) is 16.6 Å². The lowest BCUT2D eigenvalue weighted by Gasteiger charge is -2.11. The van der Waals surface area contributed by atoms with Gasteiger partial charge in [-0.15, -0.1) is 0 Å². The number of nitrogens with two attached hydrogens (primary N) is 1. The van der Waals surface area contributed by atoms with E-state index < -0.39 is 11.7 Å². The van der Waals surface area contributed by atoms with Gasteiger partial charge in [-0.2, -0.15) is 18.3 Å². The molecular formula is C15H10F3N5. The highest BCUT2D eigenvalue weighted by Crippen LogP contribution is 2.37. The van der Waals surface area contributed by atoms with Crippen LogP contribution in [0.2, 0.25) is 0 Å². The number of anilines is 1. The number of fused-ring (bicyclic) bond motifs is 3. The van der Waals surface area contributed by atoms with Crippen molar-refractivity contribution in [3.8, 4) is 11.4 Å². The van der Waals surface area contributed by atoms with Gasteiger partial charge < -0.3 is 5.73 Å². The highest BCUT2D eigenvalue weighted by Gasteiger charge is 2.34. The number of aromatic amines is 1. The van der Waals surface area contributed by atoms with E-state index in [0.717, 1.165) is 6.07 Å². The number of halogens is 3. The Morgan fingerprint density at radius 1 is 1.09 bits per heavy atom. The van der Waals surface area contributed by atoms with E-state index in [2.05, 4.69) is 15.2 Å². The summed E-state index contributed by atoms with van der Waals surface area (Å²) in [4.78, 5) is 4.30. The highest BCUT2D eigenvalue weighted by molar-refractivity contribution is 5.85. The van der Waals surface area contributed by atoms with Gasteiger partial charge in [-0.25, -0.2) is 10.1 Å². The third kappa shape index (κ3) is 2.02. The van der Waals surface area contributed by atoms with Crippen LogP contribution < -0.4 is 5.73 Å². The molecule has 0 atom stereocenters. The quantitative estimate of drug-likeness (QED) is 0.528. The Morgan fingerprint density at radius 2 is 1.87 bits per heavy atom. The predicted octanol–water partition coefficient (Wildman–Crippen LogP) is 3.48. The molecule has 4 aromatic rings. The first-order valence-electron chi connectivity index (χ1n) is 6.74. The highest BCUT2D eigenvalue weighted by atomic mass is 19.4. The first-order chi connectivity index (χ1) is 10.9. The Hall–Kier alpha value is -3.03. The predicted molar refractivity (Wildman–Crippen MR) is 79.7 cm³/mol. The first kappa shape index (κ1) is 13.6. The van der Waals surface area contributed by atoms with Crippen molar-refractivity contribution in [1.82, 2.24) is 19.6 Å². The lowest BCUT2D eigenvalue weighted by Crippen LogP contribution is -2.08. The number of benzene rings is 2. The molecule has 0 saturated carbocycles. The molecule has 4 rings (SSSR count). The molecule has 0 spiro atoms. The van der Waals surface area contributed by atoms with Crippen molar-refractivity contribution in [2.75, 3.05) is 5.73 Å². The number of aromatic nitrogens is 4. The molecule has 0 aliphatic carbocycles. The standard InChI is InChI=1S/C15H10F3N5/c16-15(17,18)10-4-2-1-3-9(10)13-21-22-14-20-11-6-5-8(19)7-12(11)23(13)14/h1-7H,19H2,(H,20,22). The van der Waals surface area contributed by atoms with Gasteiger partial charge >= 0.3 is 6.18 Å². The van der Waals surface area contributed by atoms with E-state index in [1.807, 2.05) is 0 Å². The van der Waals surface area contributed by atoms with Crippen LogP contribution in [0, 0.1) is 0 Å². The smallest absolute Gasteiger partial charge is 0.399 e. The molecule has 116 valence electrons. The molecule has 5 nitrogen and oxygen atoms in total. The SMILES string of the molecule is Nc1ccc2nc3[nH]nc(-c4ccccc4C(F)(F)F)n3c2c1. The Bertz CT molecular complexity index is 1030. The first-order valence-corrected chi connectivity index (χ1v) is 6.74. The van der Waals surface area contributed by atoms with Crippen LogP contribution in [0.1, 0.15) is 5.56 Å². The Kier molecular flexibility index (Phi) is 2.65. The molecule has 0 unspecified atom stereocenters. The van der Waals surface area contributed by atoms with Crippen molar-refractivity contribution < 1.29 is 13.2 Å². The van der Waals surface area contributed by atoms with Gasteiger partial charge in [0.2, 0.25) is 5.78 Å². The zero-order chi connectivity index (χ0) is 16.2. The van der Waals surface area contributed by atoms with Crippen LogP contribution in [0.3, 0.4) is 0 Å². The third-order valence-electron chi connectivity index (χ3n) is 3.63. The van der Waals surface area contributed by atoms with Crippen LogP contribution in [0.15, 0.2) is 42.5 Å². The number of hydrogen-bond donors (Lipinski definition) is 2.